The zero-order valence-corrected chi connectivity index (χ0v) is 15.6. The van der Waals surface area contributed by atoms with E-state index in [-0.39, 0.29) is 5.69 Å². The second-order valence-corrected chi connectivity index (χ2v) is 6.74. The van der Waals surface area contributed by atoms with Gasteiger partial charge >= 0.3 is 0 Å². The molecule has 1 heterocycles. The minimum Gasteiger partial charge on any atom is -0.339 e. The number of anilines is 2. The van der Waals surface area contributed by atoms with Gasteiger partial charge in [0.15, 0.2) is 5.82 Å². The third-order valence-electron chi connectivity index (χ3n) is 4.39. The van der Waals surface area contributed by atoms with Crippen molar-refractivity contribution in [2.75, 3.05) is 5.32 Å². The van der Waals surface area contributed by atoms with Gasteiger partial charge in [0.2, 0.25) is 0 Å². The van der Waals surface area contributed by atoms with E-state index in [9.17, 15) is 10.1 Å². The van der Waals surface area contributed by atoms with E-state index >= 15 is 0 Å². The third kappa shape index (κ3) is 3.50. The molecule has 0 aliphatic rings. The Kier molecular flexibility index (Phi) is 4.63. The number of nitro benzene ring substituents is 1. The Balaban J connectivity index is 1.83. The number of nitrogens with zero attached hydrogens (tertiary/aromatic N) is 3. The van der Waals surface area contributed by atoms with Crippen LogP contribution in [0.4, 0.5) is 17.2 Å². The predicted molar refractivity (Wildman–Crippen MR) is 111 cm³/mol. The first-order chi connectivity index (χ1) is 13.5. The number of nitrogens with one attached hydrogen (secondary N) is 1. The minimum absolute atomic E-state index is 0.0254. The molecular formula is C21H15ClN4O2. The summed E-state index contributed by atoms with van der Waals surface area (Å²) in [7, 11) is 0. The average Bonchev–Trinajstić information content (AvgIpc) is 2.70. The number of rotatable bonds is 4. The van der Waals surface area contributed by atoms with Crippen LogP contribution in [0.3, 0.4) is 0 Å². The number of hydrogen-bond donors (Lipinski definition) is 1. The number of hydrogen-bond acceptors (Lipinski definition) is 5. The first-order valence-corrected chi connectivity index (χ1v) is 8.94. The van der Waals surface area contributed by atoms with Gasteiger partial charge in [-0.05, 0) is 48.9 Å². The summed E-state index contributed by atoms with van der Waals surface area (Å²) in [5, 5.41) is 15.7. The van der Waals surface area contributed by atoms with Crippen molar-refractivity contribution in [2.45, 2.75) is 6.92 Å². The van der Waals surface area contributed by atoms with Crippen molar-refractivity contribution in [2.24, 2.45) is 0 Å². The van der Waals surface area contributed by atoms with Gasteiger partial charge in [-0.3, -0.25) is 10.1 Å². The molecule has 0 fully saturated rings. The number of halogens is 1. The van der Waals surface area contributed by atoms with Crippen molar-refractivity contribution in [3.63, 3.8) is 0 Å². The molecule has 0 saturated heterocycles. The normalized spacial score (nSPS) is 10.8. The Morgan fingerprint density at radius 1 is 1.00 bits per heavy atom. The number of nitro groups is 1. The second-order valence-electron chi connectivity index (χ2n) is 6.30. The summed E-state index contributed by atoms with van der Waals surface area (Å²) in [6.07, 6.45) is 0. The van der Waals surface area contributed by atoms with E-state index in [1.807, 2.05) is 49.4 Å². The molecule has 28 heavy (non-hydrogen) atoms. The molecule has 0 atom stereocenters. The molecule has 4 rings (SSSR count). The topological polar surface area (TPSA) is 81.0 Å². The van der Waals surface area contributed by atoms with Crippen LogP contribution in [0.1, 0.15) is 5.56 Å². The van der Waals surface area contributed by atoms with E-state index in [2.05, 4.69) is 15.3 Å². The molecule has 0 aliphatic carbocycles. The van der Waals surface area contributed by atoms with Gasteiger partial charge in [0.1, 0.15) is 5.82 Å². The Hall–Kier alpha value is -3.51. The van der Waals surface area contributed by atoms with E-state index in [1.165, 1.54) is 12.1 Å². The quantitative estimate of drug-likeness (QED) is 0.346. The molecule has 0 radical (unpaired) electrons. The lowest BCUT2D eigenvalue weighted by Gasteiger charge is -2.13. The lowest BCUT2D eigenvalue weighted by atomic mass is 10.1. The molecule has 3 aromatic carbocycles. The van der Waals surface area contributed by atoms with Crippen LogP contribution in [-0.2, 0) is 0 Å². The van der Waals surface area contributed by atoms with Crippen molar-refractivity contribution in [1.29, 1.82) is 0 Å². The highest BCUT2D eigenvalue weighted by Crippen LogP contribution is 2.30. The third-order valence-corrected chi connectivity index (χ3v) is 4.63. The highest BCUT2D eigenvalue weighted by molar-refractivity contribution is 6.30. The first-order valence-electron chi connectivity index (χ1n) is 8.56. The van der Waals surface area contributed by atoms with E-state index in [1.54, 1.807) is 12.1 Å². The molecule has 7 heteroatoms. The van der Waals surface area contributed by atoms with E-state index in [4.69, 9.17) is 11.6 Å². The van der Waals surface area contributed by atoms with Crippen LogP contribution in [0, 0.1) is 17.0 Å². The maximum atomic E-state index is 10.9. The van der Waals surface area contributed by atoms with Crippen molar-refractivity contribution in [3.05, 3.63) is 87.4 Å². The summed E-state index contributed by atoms with van der Waals surface area (Å²) in [6, 6.07) is 19.5. The molecule has 6 nitrogen and oxygen atoms in total. The van der Waals surface area contributed by atoms with Gasteiger partial charge in [0, 0.05) is 33.8 Å². The van der Waals surface area contributed by atoms with E-state index in [0.29, 0.717) is 22.2 Å². The van der Waals surface area contributed by atoms with Gasteiger partial charge < -0.3 is 5.32 Å². The highest BCUT2D eigenvalue weighted by Gasteiger charge is 2.12. The lowest BCUT2D eigenvalue weighted by Crippen LogP contribution is -2.00. The molecule has 1 aromatic heterocycles. The molecule has 0 bridgehead atoms. The van der Waals surface area contributed by atoms with Crippen molar-refractivity contribution < 1.29 is 4.92 Å². The fourth-order valence-electron chi connectivity index (χ4n) is 2.89. The zero-order chi connectivity index (χ0) is 19.7. The molecule has 0 amide bonds. The standard InChI is InChI=1S/C21H15ClN4O2/c1-13-6-9-15(22)12-19(13)24-21-17-4-2-3-5-18(17)23-20(25-21)14-7-10-16(11-8-14)26(27)28/h2-12H,1H3,(H,23,24,25). The van der Waals surface area contributed by atoms with E-state index < -0.39 is 4.92 Å². The summed E-state index contributed by atoms with van der Waals surface area (Å²) in [5.74, 6) is 1.13. The van der Waals surface area contributed by atoms with Gasteiger partial charge in [-0.15, -0.1) is 0 Å². The summed E-state index contributed by atoms with van der Waals surface area (Å²) in [4.78, 5) is 19.8. The Morgan fingerprint density at radius 3 is 2.50 bits per heavy atom. The fourth-order valence-corrected chi connectivity index (χ4v) is 3.06. The Bertz CT molecular complexity index is 1190. The van der Waals surface area contributed by atoms with Crippen LogP contribution in [0.5, 0.6) is 0 Å². The number of fused-ring (bicyclic) bond motifs is 1. The molecular weight excluding hydrogens is 376 g/mol. The molecule has 0 aliphatic heterocycles. The van der Waals surface area contributed by atoms with Gasteiger partial charge in [0.05, 0.1) is 10.4 Å². The van der Waals surface area contributed by atoms with Crippen LogP contribution < -0.4 is 5.32 Å². The maximum Gasteiger partial charge on any atom is 0.269 e. The first kappa shape index (κ1) is 17.9. The summed E-state index contributed by atoms with van der Waals surface area (Å²) < 4.78 is 0. The monoisotopic (exact) mass is 390 g/mol. The molecule has 0 saturated carbocycles. The Morgan fingerprint density at radius 2 is 1.75 bits per heavy atom. The van der Waals surface area contributed by atoms with Crippen molar-refractivity contribution in [1.82, 2.24) is 9.97 Å². The SMILES string of the molecule is Cc1ccc(Cl)cc1Nc1nc(-c2ccc([N+](=O)[O-])cc2)nc2ccccc12. The van der Waals surface area contributed by atoms with Crippen molar-refractivity contribution in [3.8, 4) is 11.4 Å². The average molecular weight is 391 g/mol. The molecule has 138 valence electrons. The second kappa shape index (κ2) is 7.25. The van der Waals surface area contributed by atoms with Crippen LogP contribution in [0.15, 0.2) is 66.7 Å². The van der Waals surface area contributed by atoms with Crippen LogP contribution in [-0.4, -0.2) is 14.9 Å². The van der Waals surface area contributed by atoms with Crippen molar-refractivity contribution >= 4 is 39.7 Å². The lowest BCUT2D eigenvalue weighted by molar-refractivity contribution is -0.384. The van der Waals surface area contributed by atoms with E-state index in [0.717, 1.165) is 22.2 Å². The fraction of sp³-hybridized carbons (Fsp3) is 0.0476. The van der Waals surface area contributed by atoms with Gasteiger partial charge in [0.25, 0.3) is 5.69 Å². The maximum absolute atomic E-state index is 10.9. The highest BCUT2D eigenvalue weighted by atomic mass is 35.5. The van der Waals surface area contributed by atoms with Gasteiger partial charge in [-0.2, -0.15) is 0 Å². The molecule has 0 unspecified atom stereocenters. The molecule has 4 aromatic rings. The largest absolute Gasteiger partial charge is 0.339 e. The van der Waals surface area contributed by atoms with Crippen LogP contribution in [0.2, 0.25) is 5.02 Å². The van der Waals surface area contributed by atoms with Gasteiger partial charge in [-0.1, -0.05) is 29.8 Å². The summed E-state index contributed by atoms with van der Waals surface area (Å²) in [5.41, 5.74) is 3.38. The number of benzene rings is 3. The Labute approximate surface area is 166 Å². The smallest absolute Gasteiger partial charge is 0.269 e. The van der Waals surface area contributed by atoms with Crippen LogP contribution >= 0.6 is 11.6 Å². The predicted octanol–water partition coefficient (Wildman–Crippen LogP) is 5.91. The molecule has 1 N–H and O–H groups in total. The minimum atomic E-state index is -0.431. The zero-order valence-electron chi connectivity index (χ0n) is 14.9. The number of aryl methyl sites for hydroxylation is 1. The van der Waals surface area contributed by atoms with Gasteiger partial charge in [-0.25, -0.2) is 9.97 Å². The number of aromatic nitrogens is 2. The molecule has 0 spiro atoms. The number of para-hydroxylation sites is 1. The summed E-state index contributed by atoms with van der Waals surface area (Å²) >= 11 is 6.14. The summed E-state index contributed by atoms with van der Waals surface area (Å²) in [6.45, 7) is 1.99. The number of non-ortho nitro benzene ring substituents is 1. The van der Waals surface area contributed by atoms with Crippen LogP contribution in [0.25, 0.3) is 22.3 Å².